The van der Waals surface area contributed by atoms with Crippen LogP contribution in [0.15, 0.2) is 111 Å². The molecule has 5 aromatic heterocycles. The van der Waals surface area contributed by atoms with Gasteiger partial charge in [0.2, 0.25) is 11.8 Å². The number of hydrogen-bond acceptors (Lipinski definition) is 10. The Morgan fingerprint density at radius 2 is 1.15 bits per heavy atom. The first kappa shape index (κ1) is 23.5. The van der Waals surface area contributed by atoms with Gasteiger partial charge in [-0.2, -0.15) is 0 Å². The summed E-state index contributed by atoms with van der Waals surface area (Å²) in [6, 6.07) is 24.4. The molecule has 10 nitrogen and oxygen atoms in total. The molecule has 0 spiro atoms. The van der Waals surface area contributed by atoms with Gasteiger partial charge in [-0.1, -0.05) is 30.3 Å². The summed E-state index contributed by atoms with van der Waals surface area (Å²) in [5, 5.41) is 16.9. The molecule has 192 valence electrons. The molecule has 0 atom stereocenters. The molecular weight excluding hydrogens is 504 g/mol. The molecule has 1 aliphatic heterocycles. The maximum atomic E-state index is 6.00. The minimum atomic E-state index is 0.308. The van der Waals surface area contributed by atoms with Crippen molar-refractivity contribution < 1.29 is 8.83 Å². The summed E-state index contributed by atoms with van der Waals surface area (Å²) in [7, 11) is 0. The molecule has 1 aliphatic rings. The fourth-order valence-electron chi connectivity index (χ4n) is 4.29. The van der Waals surface area contributed by atoms with Gasteiger partial charge in [-0.15, -0.1) is 20.4 Å². The third-order valence-electron chi connectivity index (χ3n) is 6.25. The summed E-state index contributed by atoms with van der Waals surface area (Å²) >= 11 is 0. The van der Waals surface area contributed by atoms with Crippen LogP contribution in [0, 0.1) is 0 Å². The Balaban J connectivity index is 1.14. The zero-order valence-electron chi connectivity index (χ0n) is 21.0. The molecule has 0 saturated heterocycles. The average molecular weight is 525 g/mol. The number of aromatic nitrogens is 7. The lowest BCUT2D eigenvalue weighted by molar-refractivity contribution is 0.580. The largest absolute Gasteiger partial charge is 0.415 e. The molecule has 40 heavy (non-hydrogen) atoms. The lowest BCUT2D eigenvalue weighted by Crippen LogP contribution is -2.05. The van der Waals surface area contributed by atoms with E-state index in [0.717, 1.165) is 35.6 Å². The fourth-order valence-corrected chi connectivity index (χ4v) is 4.29. The van der Waals surface area contributed by atoms with Crippen LogP contribution in [0.3, 0.4) is 0 Å². The van der Waals surface area contributed by atoms with Gasteiger partial charge in [0.25, 0.3) is 11.8 Å². The van der Waals surface area contributed by atoms with Gasteiger partial charge >= 0.3 is 0 Å². The molecule has 0 radical (unpaired) electrons. The van der Waals surface area contributed by atoms with Gasteiger partial charge in [-0.05, 0) is 67.4 Å². The highest BCUT2D eigenvalue weighted by Crippen LogP contribution is 2.29. The van der Waals surface area contributed by atoms with Crippen LogP contribution >= 0.6 is 0 Å². The third kappa shape index (κ3) is 4.69. The fraction of sp³-hybridized carbons (Fsp3) is 0.0667. The van der Waals surface area contributed by atoms with Gasteiger partial charge < -0.3 is 8.83 Å². The van der Waals surface area contributed by atoms with E-state index in [2.05, 4.69) is 35.4 Å². The van der Waals surface area contributed by atoms with E-state index >= 15 is 0 Å². The Bertz CT molecular complexity index is 1870. The molecule has 0 bridgehead atoms. The van der Waals surface area contributed by atoms with Gasteiger partial charge in [0, 0.05) is 23.5 Å². The van der Waals surface area contributed by atoms with Crippen LogP contribution < -0.4 is 0 Å². The van der Waals surface area contributed by atoms with Crippen molar-refractivity contribution in [3.63, 3.8) is 0 Å². The van der Waals surface area contributed by atoms with Gasteiger partial charge in [-0.3, -0.25) is 9.98 Å². The summed E-state index contributed by atoms with van der Waals surface area (Å²) in [5.41, 5.74) is 5.79. The van der Waals surface area contributed by atoms with E-state index in [1.165, 1.54) is 0 Å². The minimum Gasteiger partial charge on any atom is -0.415 e. The van der Waals surface area contributed by atoms with Crippen molar-refractivity contribution in [3.05, 3.63) is 103 Å². The summed E-state index contributed by atoms with van der Waals surface area (Å²) in [4.78, 5) is 18.1. The van der Waals surface area contributed by atoms with Crippen LogP contribution in [-0.4, -0.2) is 41.1 Å². The Hall–Kier alpha value is -5.64. The van der Waals surface area contributed by atoms with Crippen molar-refractivity contribution >= 4 is 5.71 Å². The van der Waals surface area contributed by atoms with E-state index in [1.807, 2.05) is 91.1 Å². The predicted octanol–water partition coefficient (Wildman–Crippen LogP) is 6.07. The van der Waals surface area contributed by atoms with Crippen LogP contribution in [0.4, 0.5) is 0 Å². The van der Waals surface area contributed by atoms with Crippen LogP contribution in [0.1, 0.15) is 18.5 Å². The number of nitrogens with zero attached hydrogens (tertiary/aromatic N) is 8. The van der Waals surface area contributed by atoms with Crippen molar-refractivity contribution in [2.24, 2.45) is 4.99 Å². The van der Waals surface area contributed by atoms with Crippen LogP contribution in [-0.2, 0) is 0 Å². The second kappa shape index (κ2) is 10.3. The molecular formula is C30H20N8O2. The van der Waals surface area contributed by atoms with E-state index in [-0.39, 0.29) is 0 Å². The maximum absolute atomic E-state index is 6.00. The van der Waals surface area contributed by atoms with E-state index in [1.54, 1.807) is 6.20 Å². The van der Waals surface area contributed by atoms with E-state index in [4.69, 9.17) is 13.8 Å². The van der Waals surface area contributed by atoms with Crippen molar-refractivity contribution in [1.29, 1.82) is 0 Å². The lowest BCUT2D eigenvalue weighted by Gasteiger charge is -2.07. The Labute approximate surface area is 228 Å². The number of rotatable bonds is 6. The van der Waals surface area contributed by atoms with Gasteiger partial charge in [0.05, 0.1) is 22.8 Å². The number of hydrogen-bond donors (Lipinski definition) is 0. The normalized spacial score (nSPS) is 12.8. The summed E-state index contributed by atoms with van der Waals surface area (Å²) < 4.78 is 12.0. The number of pyridine rings is 3. The Morgan fingerprint density at radius 3 is 1.80 bits per heavy atom. The van der Waals surface area contributed by atoms with Gasteiger partial charge in [0.1, 0.15) is 11.4 Å². The first-order chi connectivity index (χ1) is 19.8. The highest BCUT2D eigenvalue weighted by atomic mass is 16.4. The first-order valence-corrected chi connectivity index (χ1v) is 12.7. The van der Waals surface area contributed by atoms with Crippen molar-refractivity contribution in [2.45, 2.75) is 12.8 Å². The highest BCUT2D eigenvalue weighted by Gasteiger charge is 2.17. The second-order valence-corrected chi connectivity index (χ2v) is 8.94. The Kier molecular flexibility index (Phi) is 6.02. The molecule has 0 amide bonds. The topological polar surface area (TPSA) is 129 Å². The number of benzene rings is 1. The summed E-state index contributed by atoms with van der Waals surface area (Å²) in [6.45, 7) is 0. The SMILES string of the molecule is C1=CN=C(c2cccc(-c3nnc(-c4cccc(-c5nnc(-c6cccc(-c7ccccn7)n6)o5)c4)o3)n2)CC1. The maximum Gasteiger partial charge on any atom is 0.266 e. The van der Waals surface area contributed by atoms with Gasteiger partial charge in [-0.25, -0.2) is 9.97 Å². The molecule has 6 heterocycles. The smallest absolute Gasteiger partial charge is 0.266 e. The third-order valence-corrected chi connectivity index (χ3v) is 6.25. The molecule has 1 aromatic carbocycles. The summed E-state index contributed by atoms with van der Waals surface area (Å²) in [5.74, 6) is 1.33. The van der Waals surface area contributed by atoms with Gasteiger partial charge in [0.15, 0.2) is 0 Å². The van der Waals surface area contributed by atoms with E-state index in [0.29, 0.717) is 46.1 Å². The van der Waals surface area contributed by atoms with Crippen molar-refractivity contribution in [2.75, 3.05) is 0 Å². The molecule has 0 saturated carbocycles. The molecule has 0 N–H and O–H groups in total. The molecule has 10 heteroatoms. The molecule has 7 rings (SSSR count). The van der Waals surface area contributed by atoms with E-state index < -0.39 is 0 Å². The van der Waals surface area contributed by atoms with E-state index in [9.17, 15) is 0 Å². The quantitative estimate of drug-likeness (QED) is 0.255. The number of aliphatic imine (C=N–C) groups is 1. The predicted molar refractivity (Wildman–Crippen MR) is 148 cm³/mol. The molecule has 0 aliphatic carbocycles. The highest BCUT2D eigenvalue weighted by molar-refractivity contribution is 6.00. The van der Waals surface area contributed by atoms with Crippen molar-refractivity contribution in [1.82, 2.24) is 35.3 Å². The Morgan fingerprint density at radius 1 is 0.550 bits per heavy atom. The molecule has 0 unspecified atom stereocenters. The lowest BCUT2D eigenvalue weighted by atomic mass is 10.1. The molecule has 6 aromatic rings. The second-order valence-electron chi connectivity index (χ2n) is 8.94. The van der Waals surface area contributed by atoms with Crippen LogP contribution in [0.5, 0.6) is 0 Å². The monoisotopic (exact) mass is 524 g/mol. The van der Waals surface area contributed by atoms with Crippen molar-refractivity contribution in [3.8, 4) is 57.5 Å². The first-order valence-electron chi connectivity index (χ1n) is 12.7. The standard InChI is InChI=1S/C30H20N8O2/c1-3-16-31-21(10-1)23-12-6-14-25(33-23)29-37-35-27(39-29)19-8-5-9-20(18-19)28-36-38-30(40-28)26-15-7-13-24(34-26)22-11-2-4-17-32-22/h1,3-10,12-18H,2,11H2. The van der Waals surface area contributed by atoms with Crippen LogP contribution in [0.25, 0.3) is 57.5 Å². The van der Waals surface area contributed by atoms with Crippen LogP contribution in [0.2, 0.25) is 0 Å². The molecule has 0 fully saturated rings. The average Bonchev–Trinajstić information content (AvgIpc) is 3.74. The zero-order chi connectivity index (χ0) is 26.7. The minimum absolute atomic E-state index is 0.308. The summed E-state index contributed by atoms with van der Waals surface area (Å²) in [6.07, 6.45) is 7.37. The zero-order valence-corrected chi connectivity index (χ0v) is 21.0. The number of allylic oxidation sites excluding steroid dienone is 1.